The molecule has 0 saturated carbocycles. The maximum absolute atomic E-state index is 6.24. The maximum atomic E-state index is 6.24. The number of nitrogens with zero attached hydrogens (tertiary/aromatic N) is 2. The number of rotatable bonds is 5. The maximum Gasteiger partial charge on any atom is 0.0603 e. The highest BCUT2D eigenvalue weighted by Gasteiger charge is 2.25. The van der Waals surface area contributed by atoms with E-state index in [0.717, 1.165) is 45.7 Å². The van der Waals surface area contributed by atoms with E-state index in [1.54, 1.807) is 0 Å². The largest absolute Gasteiger partial charge is 0.375 e. The monoisotopic (exact) mass is 256 g/mol. The Hall–Kier alpha value is -0.200. The molecule has 0 amide bonds. The van der Waals surface area contributed by atoms with E-state index in [0.29, 0.717) is 18.9 Å². The third-order valence-electron chi connectivity index (χ3n) is 4.09. The molecule has 2 aliphatic heterocycles. The van der Waals surface area contributed by atoms with Crippen LogP contribution in [0.25, 0.3) is 0 Å². The second-order valence-corrected chi connectivity index (χ2v) is 5.47. The summed E-state index contributed by atoms with van der Waals surface area (Å²) in [4.78, 5) is 4.76. The average molecular weight is 256 g/mol. The minimum atomic E-state index is 0.466. The molecule has 0 unspecified atom stereocenters. The highest BCUT2D eigenvalue weighted by atomic mass is 16.5. The van der Waals surface area contributed by atoms with Gasteiger partial charge in [-0.1, -0.05) is 0 Å². The summed E-state index contributed by atoms with van der Waals surface area (Å²) in [5.41, 5.74) is 5.65. The van der Waals surface area contributed by atoms with Crippen molar-refractivity contribution in [2.24, 2.45) is 5.73 Å². The summed E-state index contributed by atoms with van der Waals surface area (Å²) in [5, 5.41) is 3.21. The van der Waals surface area contributed by atoms with Crippen LogP contribution < -0.4 is 11.1 Å². The average Bonchev–Trinajstić information content (AvgIpc) is 2.42. The lowest BCUT2D eigenvalue weighted by molar-refractivity contribution is -0.0650. The fraction of sp³-hybridized carbons (Fsp3) is 1.00. The highest BCUT2D eigenvalue weighted by Crippen LogP contribution is 2.20. The van der Waals surface area contributed by atoms with Crippen molar-refractivity contribution in [3.05, 3.63) is 0 Å². The van der Waals surface area contributed by atoms with Crippen molar-refractivity contribution in [3.63, 3.8) is 0 Å². The molecule has 0 aromatic carbocycles. The van der Waals surface area contributed by atoms with Crippen molar-refractivity contribution in [2.75, 3.05) is 46.6 Å². The fourth-order valence-corrected chi connectivity index (χ4v) is 2.93. The van der Waals surface area contributed by atoms with Gasteiger partial charge in [0.2, 0.25) is 0 Å². The Bertz CT molecular complexity index is 223. The van der Waals surface area contributed by atoms with Crippen LogP contribution in [0.2, 0.25) is 0 Å². The number of hydrogen-bond acceptors (Lipinski definition) is 5. The van der Waals surface area contributed by atoms with E-state index in [1.165, 1.54) is 12.8 Å². The van der Waals surface area contributed by atoms with Gasteiger partial charge in [0.05, 0.1) is 12.2 Å². The molecule has 0 aromatic rings. The Morgan fingerprint density at radius 1 is 1.00 bits per heavy atom. The van der Waals surface area contributed by atoms with Gasteiger partial charge in [0.1, 0.15) is 0 Å². The normalized spacial score (nSPS) is 25.7. The minimum Gasteiger partial charge on any atom is -0.375 e. The number of hydrogen-bond donors (Lipinski definition) is 2. The zero-order valence-corrected chi connectivity index (χ0v) is 11.6. The van der Waals surface area contributed by atoms with Crippen LogP contribution in [0.1, 0.15) is 25.7 Å². The molecule has 0 radical (unpaired) electrons. The third kappa shape index (κ3) is 4.17. The van der Waals surface area contributed by atoms with Crippen LogP contribution in [0.15, 0.2) is 0 Å². The molecule has 2 saturated heterocycles. The standard InChI is InChI=1S/C13H28N4O/c1-15-11-17-8-4-13(5-9-17)18-12-2-6-16(10-14)7-3-12/h12-13,15H,2-11,14H2,1H3. The predicted molar refractivity (Wildman–Crippen MR) is 73.3 cm³/mol. The molecule has 0 bridgehead atoms. The molecule has 2 rings (SSSR count). The smallest absolute Gasteiger partial charge is 0.0603 e. The van der Waals surface area contributed by atoms with Crippen molar-refractivity contribution in [1.82, 2.24) is 15.1 Å². The Kier molecular flexibility index (Phi) is 5.85. The zero-order valence-electron chi connectivity index (χ0n) is 11.6. The first-order valence-corrected chi connectivity index (χ1v) is 7.26. The third-order valence-corrected chi connectivity index (χ3v) is 4.09. The van der Waals surface area contributed by atoms with Crippen LogP contribution >= 0.6 is 0 Å². The van der Waals surface area contributed by atoms with Gasteiger partial charge in [0.15, 0.2) is 0 Å². The molecule has 5 heteroatoms. The lowest BCUT2D eigenvalue weighted by atomic mass is 10.1. The van der Waals surface area contributed by atoms with E-state index in [9.17, 15) is 0 Å². The molecule has 0 spiro atoms. The number of ether oxygens (including phenoxy) is 1. The fourth-order valence-electron chi connectivity index (χ4n) is 2.93. The molecule has 3 N–H and O–H groups in total. The summed E-state index contributed by atoms with van der Waals surface area (Å²) in [7, 11) is 2.01. The molecule has 0 aromatic heterocycles. The summed E-state index contributed by atoms with van der Waals surface area (Å²) in [5.74, 6) is 0. The summed E-state index contributed by atoms with van der Waals surface area (Å²) >= 11 is 0. The van der Waals surface area contributed by atoms with Gasteiger partial charge in [0.25, 0.3) is 0 Å². The summed E-state index contributed by atoms with van der Waals surface area (Å²) in [6.45, 7) is 6.20. The molecule has 18 heavy (non-hydrogen) atoms. The van der Waals surface area contributed by atoms with Gasteiger partial charge >= 0.3 is 0 Å². The SMILES string of the molecule is CNCN1CCC(OC2CCN(CN)CC2)CC1. The topological polar surface area (TPSA) is 53.8 Å². The second kappa shape index (κ2) is 7.40. The highest BCUT2D eigenvalue weighted by molar-refractivity contribution is 4.76. The molecule has 0 atom stereocenters. The van der Waals surface area contributed by atoms with Crippen LogP contribution in [0, 0.1) is 0 Å². The van der Waals surface area contributed by atoms with Crippen molar-refractivity contribution in [1.29, 1.82) is 0 Å². The molecular weight excluding hydrogens is 228 g/mol. The van der Waals surface area contributed by atoms with Gasteiger partial charge in [-0.15, -0.1) is 0 Å². The second-order valence-electron chi connectivity index (χ2n) is 5.47. The van der Waals surface area contributed by atoms with Gasteiger partial charge in [0, 0.05) is 39.5 Å². The Morgan fingerprint density at radius 3 is 1.94 bits per heavy atom. The van der Waals surface area contributed by atoms with Crippen LogP contribution in [0.4, 0.5) is 0 Å². The van der Waals surface area contributed by atoms with Crippen molar-refractivity contribution in [2.45, 2.75) is 37.9 Å². The number of nitrogens with one attached hydrogen (secondary N) is 1. The minimum absolute atomic E-state index is 0.466. The Morgan fingerprint density at radius 2 is 1.50 bits per heavy atom. The molecule has 106 valence electrons. The van der Waals surface area contributed by atoms with Crippen molar-refractivity contribution < 1.29 is 4.74 Å². The molecule has 2 aliphatic rings. The number of nitrogens with two attached hydrogens (primary N) is 1. The van der Waals surface area contributed by atoms with E-state index >= 15 is 0 Å². The van der Waals surface area contributed by atoms with E-state index < -0.39 is 0 Å². The number of likely N-dealkylation sites (tertiary alicyclic amines) is 2. The van der Waals surface area contributed by atoms with Crippen LogP contribution in [0.5, 0.6) is 0 Å². The van der Waals surface area contributed by atoms with Crippen LogP contribution in [-0.4, -0.2) is 68.6 Å². The number of piperidine rings is 2. The zero-order chi connectivity index (χ0) is 12.8. The van der Waals surface area contributed by atoms with Gasteiger partial charge < -0.3 is 15.8 Å². The first-order chi connectivity index (χ1) is 8.81. The van der Waals surface area contributed by atoms with Crippen molar-refractivity contribution in [3.8, 4) is 0 Å². The van der Waals surface area contributed by atoms with Crippen molar-refractivity contribution >= 4 is 0 Å². The molecule has 2 fully saturated rings. The molecule has 5 nitrogen and oxygen atoms in total. The van der Waals surface area contributed by atoms with Crippen LogP contribution in [-0.2, 0) is 4.74 Å². The molecule has 0 aliphatic carbocycles. The van der Waals surface area contributed by atoms with E-state index in [1.807, 2.05) is 7.05 Å². The quantitative estimate of drug-likeness (QED) is 0.726. The molecular formula is C13H28N4O. The lowest BCUT2D eigenvalue weighted by Gasteiger charge is -2.36. The van der Waals surface area contributed by atoms with Crippen LogP contribution in [0.3, 0.4) is 0 Å². The van der Waals surface area contributed by atoms with Gasteiger partial charge in [-0.25, -0.2) is 0 Å². The Balaban J connectivity index is 1.63. The van der Waals surface area contributed by atoms with E-state index in [2.05, 4.69) is 15.1 Å². The summed E-state index contributed by atoms with van der Waals surface area (Å²) < 4.78 is 6.24. The molecule has 2 heterocycles. The van der Waals surface area contributed by atoms with Gasteiger partial charge in [-0.3, -0.25) is 9.80 Å². The van der Waals surface area contributed by atoms with Gasteiger partial charge in [-0.2, -0.15) is 0 Å². The first-order valence-electron chi connectivity index (χ1n) is 7.26. The predicted octanol–water partition coefficient (Wildman–Crippen LogP) is 0.0249. The summed E-state index contributed by atoms with van der Waals surface area (Å²) in [6, 6.07) is 0. The lowest BCUT2D eigenvalue weighted by Crippen LogP contribution is -2.44. The first kappa shape index (κ1) is 14.2. The summed E-state index contributed by atoms with van der Waals surface area (Å²) in [6.07, 6.45) is 5.60. The van der Waals surface area contributed by atoms with Gasteiger partial charge in [-0.05, 0) is 32.7 Å². The van der Waals surface area contributed by atoms with E-state index in [-0.39, 0.29) is 0 Å². The van der Waals surface area contributed by atoms with E-state index in [4.69, 9.17) is 10.5 Å². The Labute approximate surface area is 111 Å².